The Bertz CT molecular complexity index is 521. The summed E-state index contributed by atoms with van der Waals surface area (Å²) in [6.45, 7) is 0.0912. The van der Waals surface area contributed by atoms with E-state index < -0.39 is 11.8 Å². The van der Waals surface area contributed by atoms with Gasteiger partial charge >= 0.3 is 5.97 Å². The lowest BCUT2D eigenvalue weighted by Crippen LogP contribution is -2.38. The molecule has 0 saturated heterocycles. The highest BCUT2D eigenvalue weighted by Gasteiger charge is 2.16. The minimum absolute atomic E-state index is 0.1000. The zero-order valence-corrected chi connectivity index (χ0v) is 12.7. The van der Waals surface area contributed by atoms with E-state index in [1.807, 2.05) is 0 Å². The Morgan fingerprint density at radius 1 is 1.32 bits per heavy atom. The first kappa shape index (κ1) is 17.9. The second-order valence-corrected chi connectivity index (χ2v) is 4.67. The van der Waals surface area contributed by atoms with Crippen molar-refractivity contribution in [3.8, 4) is 5.75 Å². The standard InChI is InChI=1S/C15H20FNO5/c1-21-8-7-17(10-15(19)20)14(18)6-4-11-3-5-13(22-2)12(16)9-11/h3,5,9H,4,6-8,10H2,1-2H3,(H,19,20). The predicted molar refractivity (Wildman–Crippen MR) is 77.4 cm³/mol. The third-order valence-corrected chi connectivity index (χ3v) is 3.09. The van der Waals surface area contributed by atoms with Crippen LogP contribution in [0.15, 0.2) is 18.2 Å². The van der Waals surface area contributed by atoms with E-state index in [1.165, 1.54) is 31.3 Å². The van der Waals surface area contributed by atoms with E-state index in [4.69, 9.17) is 14.6 Å². The lowest BCUT2D eigenvalue weighted by molar-refractivity contribution is -0.144. The lowest BCUT2D eigenvalue weighted by Gasteiger charge is -2.20. The highest BCUT2D eigenvalue weighted by atomic mass is 19.1. The number of carbonyl (C=O) groups excluding carboxylic acids is 1. The molecule has 122 valence electrons. The normalized spacial score (nSPS) is 10.3. The van der Waals surface area contributed by atoms with Gasteiger partial charge in [-0.15, -0.1) is 0 Å². The fraction of sp³-hybridized carbons (Fsp3) is 0.467. The maximum Gasteiger partial charge on any atom is 0.323 e. The zero-order valence-electron chi connectivity index (χ0n) is 12.7. The molecular weight excluding hydrogens is 293 g/mol. The minimum Gasteiger partial charge on any atom is -0.494 e. The van der Waals surface area contributed by atoms with Crippen LogP contribution in [-0.2, 0) is 20.7 Å². The Morgan fingerprint density at radius 2 is 2.05 bits per heavy atom. The maximum absolute atomic E-state index is 13.6. The quantitative estimate of drug-likeness (QED) is 0.744. The largest absolute Gasteiger partial charge is 0.494 e. The van der Waals surface area contributed by atoms with Gasteiger partial charge in [0.25, 0.3) is 0 Å². The minimum atomic E-state index is -1.08. The van der Waals surface area contributed by atoms with E-state index in [9.17, 15) is 14.0 Å². The van der Waals surface area contributed by atoms with E-state index >= 15 is 0 Å². The Kier molecular flexibility index (Phi) is 7.31. The van der Waals surface area contributed by atoms with Gasteiger partial charge < -0.3 is 19.5 Å². The van der Waals surface area contributed by atoms with Gasteiger partial charge in [-0.1, -0.05) is 6.07 Å². The molecule has 0 spiro atoms. The number of carboxylic acid groups (broad SMARTS) is 1. The van der Waals surface area contributed by atoms with Gasteiger partial charge in [-0.25, -0.2) is 4.39 Å². The second kappa shape index (κ2) is 8.99. The number of aryl methyl sites for hydroxylation is 1. The smallest absolute Gasteiger partial charge is 0.323 e. The molecule has 1 N–H and O–H groups in total. The van der Waals surface area contributed by atoms with Gasteiger partial charge in [0.05, 0.1) is 13.7 Å². The summed E-state index contributed by atoms with van der Waals surface area (Å²) >= 11 is 0. The molecule has 1 rings (SSSR count). The van der Waals surface area contributed by atoms with E-state index in [2.05, 4.69) is 0 Å². The second-order valence-electron chi connectivity index (χ2n) is 4.67. The first-order chi connectivity index (χ1) is 10.5. The molecule has 0 aliphatic carbocycles. The van der Waals surface area contributed by atoms with Crippen LogP contribution in [0.25, 0.3) is 0 Å². The topological polar surface area (TPSA) is 76.1 Å². The predicted octanol–water partition coefficient (Wildman–Crippen LogP) is 1.33. The molecule has 0 atom stereocenters. The van der Waals surface area contributed by atoms with Crippen molar-refractivity contribution in [1.29, 1.82) is 0 Å². The van der Waals surface area contributed by atoms with Gasteiger partial charge in [-0.05, 0) is 24.1 Å². The monoisotopic (exact) mass is 313 g/mol. The average molecular weight is 313 g/mol. The van der Waals surface area contributed by atoms with Gasteiger partial charge in [-0.3, -0.25) is 9.59 Å². The number of halogens is 1. The summed E-state index contributed by atoms with van der Waals surface area (Å²) in [6, 6.07) is 4.48. The molecule has 1 aromatic rings. The van der Waals surface area contributed by atoms with Crippen LogP contribution in [0.1, 0.15) is 12.0 Å². The van der Waals surface area contributed by atoms with Crippen LogP contribution in [-0.4, -0.2) is 55.8 Å². The maximum atomic E-state index is 13.6. The number of benzene rings is 1. The summed E-state index contributed by atoms with van der Waals surface area (Å²) in [5.74, 6) is -1.74. The van der Waals surface area contributed by atoms with Crippen LogP contribution in [0, 0.1) is 5.82 Å². The van der Waals surface area contributed by atoms with Crippen molar-refractivity contribution >= 4 is 11.9 Å². The molecule has 0 aromatic heterocycles. The van der Waals surface area contributed by atoms with Crippen LogP contribution in [0.5, 0.6) is 5.75 Å². The highest BCUT2D eigenvalue weighted by Crippen LogP contribution is 2.18. The number of carbonyl (C=O) groups is 2. The third kappa shape index (κ3) is 5.69. The zero-order chi connectivity index (χ0) is 16.5. The molecule has 6 nitrogen and oxygen atoms in total. The number of nitrogens with zero attached hydrogens (tertiary/aromatic N) is 1. The fourth-order valence-electron chi connectivity index (χ4n) is 1.93. The number of hydrogen-bond donors (Lipinski definition) is 1. The van der Waals surface area contributed by atoms with Gasteiger partial charge in [-0.2, -0.15) is 0 Å². The fourth-order valence-corrected chi connectivity index (χ4v) is 1.93. The summed E-state index contributed by atoms with van der Waals surface area (Å²) in [4.78, 5) is 24.0. The van der Waals surface area contributed by atoms with Crippen molar-refractivity contribution in [3.63, 3.8) is 0 Å². The number of amides is 1. The first-order valence-corrected chi connectivity index (χ1v) is 6.78. The summed E-state index contributed by atoms with van der Waals surface area (Å²) in [6.07, 6.45) is 0.422. The van der Waals surface area contributed by atoms with Crippen LogP contribution < -0.4 is 4.74 Å². The molecule has 22 heavy (non-hydrogen) atoms. The van der Waals surface area contributed by atoms with Crippen molar-refractivity contribution in [3.05, 3.63) is 29.6 Å². The molecule has 1 aromatic carbocycles. The van der Waals surface area contributed by atoms with E-state index in [-0.39, 0.29) is 37.8 Å². The lowest BCUT2D eigenvalue weighted by atomic mass is 10.1. The summed E-state index contributed by atoms with van der Waals surface area (Å²) in [5, 5.41) is 8.81. The van der Waals surface area contributed by atoms with Gasteiger partial charge in [0, 0.05) is 20.1 Å². The molecule has 0 unspecified atom stereocenters. The van der Waals surface area contributed by atoms with Crippen molar-refractivity contribution in [2.45, 2.75) is 12.8 Å². The van der Waals surface area contributed by atoms with Crippen molar-refractivity contribution < 1.29 is 28.6 Å². The number of aliphatic carboxylic acids is 1. The number of hydrogen-bond acceptors (Lipinski definition) is 4. The van der Waals surface area contributed by atoms with Gasteiger partial charge in [0.2, 0.25) is 5.91 Å². The first-order valence-electron chi connectivity index (χ1n) is 6.78. The molecule has 0 aliphatic rings. The van der Waals surface area contributed by atoms with E-state index in [0.717, 1.165) is 0 Å². The molecule has 0 saturated carbocycles. The molecule has 7 heteroatoms. The summed E-state index contributed by atoms with van der Waals surface area (Å²) < 4.78 is 23.2. The number of rotatable bonds is 9. The summed E-state index contributed by atoms with van der Waals surface area (Å²) in [7, 11) is 2.85. The Hall–Kier alpha value is -2.15. The average Bonchev–Trinajstić information content (AvgIpc) is 2.48. The summed E-state index contributed by atoms with van der Waals surface area (Å²) in [5.41, 5.74) is 0.647. The molecule has 0 fully saturated rings. The molecule has 0 bridgehead atoms. The Balaban J connectivity index is 2.61. The van der Waals surface area contributed by atoms with Crippen LogP contribution >= 0.6 is 0 Å². The Labute approximate surface area is 128 Å². The van der Waals surface area contributed by atoms with Gasteiger partial charge in [0.1, 0.15) is 6.54 Å². The van der Waals surface area contributed by atoms with E-state index in [1.54, 1.807) is 6.07 Å². The molecule has 0 heterocycles. The van der Waals surface area contributed by atoms with Crippen LogP contribution in [0.3, 0.4) is 0 Å². The molecular formula is C15H20FNO5. The SMILES string of the molecule is COCCN(CC(=O)O)C(=O)CCc1ccc(OC)c(F)c1. The third-order valence-electron chi connectivity index (χ3n) is 3.09. The molecule has 0 radical (unpaired) electrons. The van der Waals surface area contributed by atoms with Gasteiger partial charge in [0.15, 0.2) is 11.6 Å². The molecule has 0 aliphatic heterocycles. The van der Waals surface area contributed by atoms with Crippen molar-refractivity contribution in [2.24, 2.45) is 0 Å². The number of methoxy groups -OCH3 is 2. The Morgan fingerprint density at radius 3 is 2.59 bits per heavy atom. The van der Waals surface area contributed by atoms with Crippen molar-refractivity contribution in [1.82, 2.24) is 4.90 Å². The van der Waals surface area contributed by atoms with E-state index in [0.29, 0.717) is 12.0 Å². The number of carboxylic acids is 1. The molecule has 1 amide bonds. The van der Waals surface area contributed by atoms with Crippen molar-refractivity contribution in [2.75, 3.05) is 33.9 Å². The van der Waals surface area contributed by atoms with Crippen LogP contribution in [0.2, 0.25) is 0 Å². The highest BCUT2D eigenvalue weighted by molar-refractivity contribution is 5.81. The van der Waals surface area contributed by atoms with Crippen LogP contribution in [0.4, 0.5) is 4.39 Å². The number of ether oxygens (including phenoxy) is 2.